The van der Waals surface area contributed by atoms with E-state index in [1.165, 1.54) is 6.33 Å². The molecule has 0 aliphatic heterocycles. The summed E-state index contributed by atoms with van der Waals surface area (Å²) in [4.78, 5) is 29.4. The van der Waals surface area contributed by atoms with E-state index in [-0.39, 0.29) is 23.8 Å². The number of carbonyl (C=O) groups excluding carboxylic acids is 2. The predicted octanol–water partition coefficient (Wildman–Crippen LogP) is 4.98. The van der Waals surface area contributed by atoms with Crippen molar-refractivity contribution in [3.8, 4) is 5.69 Å². The van der Waals surface area contributed by atoms with Crippen molar-refractivity contribution >= 4 is 40.7 Å². The number of Topliss-reactive ketones (excluding diaryl/α,β-unsaturated/α-hetero) is 1. The quantitative estimate of drug-likeness (QED) is 0.490. The number of hydrogen-bond donors (Lipinski definition) is 2. The van der Waals surface area contributed by atoms with Gasteiger partial charge in [-0.15, -0.1) is 0 Å². The Balaban J connectivity index is 1.53. The average molecular weight is 457 g/mol. The van der Waals surface area contributed by atoms with Gasteiger partial charge in [0.1, 0.15) is 12.1 Å². The minimum atomic E-state index is -0.416. The van der Waals surface area contributed by atoms with E-state index in [0.29, 0.717) is 27.9 Å². The van der Waals surface area contributed by atoms with Crippen LogP contribution in [0.2, 0.25) is 10.0 Å². The second-order valence-corrected chi connectivity index (χ2v) is 8.68. The summed E-state index contributed by atoms with van der Waals surface area (Å²) in [6.45, 7) is 2.14. The first-order chi connectivity index (χ1) is 14.8. The highest BCUT2D eigenvalue weighted by atomic mass is 35.5. The molecule has 1 aromatic heterocycles. The molecule has 1 saturated carbocycles. The van der Waals surface area contributed by atoms with Crippen LogP contribution in [0.1, 0.15) is 51.2 Å². The van der Waals surface area contributed by atoms with Crippen LogP contribution in [-0.2, 0) is 6.54 Å². The van der Waals surface area contributed by atoms with Crippen molar-refractivity contribution in [2.24, 2.45) is 5.92 Å². The van der Waals surface area contributed by atoms with Gasteiger partial charge in [-0.05, 0) is 55.0 Å². The Kier molecular flexibility index (Phi) is 6.03. The zero-order chi connectivity index (χ0) is 22.1. The predicted molar refractivity (Wildman–Crippen MR) is 122 cm³/mol. The number of ketones is 1. The largest absolute Gasteiger partial charge is 0.383 e. The van der Waals surface area contributed by atoms with Crippen LogP contribution in [0, 0.1) is 12.8 Å². The van der Waals surface area contributed by atoms with Crippen LogP contribution in [0.15, 0.2) is 42.7 Å². The third-order valence-electron chi connectivity index (χ3n) is 5.44. The van der Waals surface area contributed by atoms with Crippen molar-refractivity contribution < 1.29 is 9.59 Å². The van der Waals surface area contributed by atoms with Gasteiger partial charge in [0.2, 0.25) is 0 Å². The van der Waals surface area contributed by atoms with E-state index in [1.54, 1.807) is 22.8 Å². The Bertz CT molecular complexity index is 1170. The van der Waals surface area contributed by atoms with Crippen LogP contribution in [-0.4, -0.2) is 21.2 Å². The fraction of sp³-hybridized carbons (Fsp3) is 0.261. The number of halogens is 2. The number of nitrogens with one attached hydrogen (secondary N) is 1. The molecule has 0 bridgehead atoms. The van der Waals surface area contributed by atoms with E-state index in [9.17, 15) is 9.59 Å². The molecule has 0 unspecified atom stereocenters. The average Bonchev–Trinajstić information content (AvgIpc) is 3.46. The van der Waals surface area contributed by atoms with E-state index in [4.69, 9.17) is 28.9 Å². The lowest BCUT2D eigenvalue weighted by atomic mass is 10.0. The number of nitrogens with zero attached hydrogens (tertiary/aromatic N) is 2. The topological polar surface area (TPSA) is 90.0 Å². The Morgan fingerprint density at radius 2 is 1.97 bits per heavy atom. The summed E-state index contributed by atoms with van der Waals surface area (Å²) in [5, 5.41) is 3.77. The molecule has 6 nitrogen and oxygen atoms in total. The number of amides is 1. The van der Waals surface area contributed by atoms with Gasteiger partial charge in [0.15, 0.2) is 11.5 Å². The fourth-order valence-electron chi connectivity index (χ4n) is 3.39. The molecule has 1 aliphatic rings. The first-order valence-electron chi connectivity index (χ1n) is 10.0. The van der Waals surface area contributed by atoms with Gasteiger partial charge >= 0.3 is 0 Å². The van der Waals surface area contributed by atoms with Crippen molar-refractivity contribution in [2.75, 3.05) is 5.73 Å². The summed E-state index contributed by atoms with van der Waals surface area (Å²) < 4.78 is 1.63. The molecule has 1 amide bonds. The van der Waals surface area contributed by atoms with Crippen LogP contribution < -0.4 is 11.1 Å². The zero-order valence-electron chi connectivity index (χ0n) is 17.0. The highest BCUT2D eigenvalue weighted by Gasteiger charge is 2.25. The van der Waals surface area contributed by atoms with Gasteiger partial charge in [0.25, 0.3) is 5.91 Å². The maximum Gasteiger partial charge on any atom is 0.273 e. The number of benzene rings is 2. The molecule has 3 N–H and O–H groups in total. The first-order valence-corrected chi connectivity index (χ1v) is 10.8. The molecule has 1 heterocycles. The van der Waals surface area contributed by atoms with Gasteiger partial charge in [0, 0.05) is 28.6 Å². The van der Waals surface area contributed by atoms with Crippen LogP contribution in [0.25, 0.3) is 5.69 Å². The van der Waals surface area contributed by atoms with E-state index in [2.05, 4.69) is 10.3 Å². The summed E-state index contributed by atoms with van der Waals surface area (Å²) in [5.74, 6) is 0.427. The molecule has 0 spiro atoms. The van der Waals surface area contributed by atoms with Gasteiger partial charge in [-0.25, -0.2) is 4.98 Å². The van der Waals surface area contributed by atoms with Crippen LogP contribution in [0.4, 0.5) is 5.82 Å². The zero-order valence-corrected chi connectivity index (χ0v) is 18.5. The van der Waals surface area contributed by atoms with E-state index < -0.39 is 5.91 Å². The number of hydrogen-bond acceptors (Lipinski definition) is 4. The molecule has 4 rings (SSSR count). The number of imidazole rings is 1. The molecule has 31 heavy (non-hydrogen) atoms. The van der Waals surface area contributed by atoms with Gasteiger partial charge in [0.05, 0.1) is 5.69 Å². The second kappa shape index (κ2) is 8.73. The van der Waals surface area contributed by atoms with Crippen LogP contribution in [0.5, 0.6) is 0 Å². The molecule has 8 heteroatoms. The molecule has 160 valence electrons. The standard InChI is InChI=1S/C23H22Cl2N4O2/c1-13-2-5-15(20(30)8-14-3-4-14)9-19(13)29-12-28-21(22(29)26)23(31)27-11-16-6-7-17(24)10-18(16)25/h2,5-7,9-10,12,14H,3-4,8,11,26H2,1H3,(H,27,31). The highest BCUT2D eigenvalue weighted by Crippen LogP contribution is 2.34. The highest BCUT2D eigenvalue weighted by molar-refractivity contribution is 6.35. The number of carbonyl (C=O) groups is 2. The van der Waals surface area contributed by atoms with Gasteiger partial charge in [-0.3, -0.25) is 14.2 Å². The van der Waals surface area contributed by atoms with Gasteiger partial charge < -0.3 is 11.1 Å². The fourth-order valence-corrected chi connectivity index (χ4v) is 3.87. The van der Waals surface area contributed by atoms with E-state index >= 15 is 0 Å². The lowest BCUT2D eigenvalue weighted by molar-refractivity contribution is 0.0945. The SMILES string of the molecule is Cc1ccc(C(=O)CC2CC2)cc1-n1cnc(C(=O)NCc2ccc(Cl)cc2Cl)c1N. The maximum absolute atomic E-state index is 12.7. The maximum atomic E-state index is 12.7. The number of nitrogen functional groups attached to an aromatic ring is 1. The normalized spacial score (nSPS) is 13.3. The van der Waals surface area contributed by atoms with E-state index in [0.717, 1.165) is 29.7 Å². The molecular weight excluding hydrogens is 435 g/mol. The summed E-state index contributed by atoms with van der Waals surface area (Å²) in [6.07, 6.45) is 4.32. The molecule has 2 aromatic carbocycles. The first kappa shape index (κ1) is 21.4. The van der Waals surface area contributed by atoms with Crippen molar-refractivity contribution in [2.45, 2.75) is 32.7 Å². The van der Waals surface area contributed by atoms with Crippen molar-refractivity contribution in [1.29, 1.82) is 0 Å². The summed E-state index contributed by atoms with van der Waals surface area (Å²) in [7, 11) is 0. The molecule has 3 aromatic rings. The minimum absolute atomic E-state index is 0.110. The monoisotopic (exact) mass is 456 g/mol. The third-order valence-corrected chi connectivity index (χ3v) is 6.02. The molecule has 0 atom stereocenters. The number of aryl methyl sites for hydroxylation is 1. The number of anilines is 1. The Hall–Kier alpha value is -2.83. The Morgan fingerprint density at radius 1 is 1.19 bits per heavy atom. The van der Waals surface area contributed by atoms with Gasteiger partial charge in [-0.2, -0.15) is 0 Å². The van der Waals surface area contributed by atoms with Crippen LogP contribution in [0.3, 0.4) is 0 Å². The molecule has 0 saturated heterocycles. The number of aromatic nitrogens is 2. The molecule has 0 radical (unpaired) electrons. The summed E-state index contributed by atoms with van der Waals surface area (Å²) in [6, 6.07) is 10.6. The van der Waals surface area contributed by atoms with Crippen molar-refractivity contribution in [1.82, 2.24) is 14.9 Å². The number of nitrogens with two attached hydrogens (primary N) is 1. The van der Waals surface area contributed by atoms with Crippen LogP contribution >= 0.6 is 23.2 Å². The molecular formula is C23H22Cl2N4O2. The van der Waals surface area contributed by atoms with Crippen molar-refractivity contribution in [3.63, 3.8) is 0 Å². The lowest BCUT2D eigenvalue weighted by Crippen LogP contribution is -2.24. The Morgan fingerprint density at radius 3 is 2.68 bits per heavy atom. The second-order valence-electron chi connectivity index (χ2n) is 7.84. The summed E-state index contributed by atoms with van der Waals surface area (Å²) in [5.41, 5.74) is 9.39. The Labute approximate surface area is 190 Å². The van der Waals surface area contributed by atoms with E-state index in [1.807, 2.05) is 25.1 Å². The van der Waals surface area contributed by atoms with Gasteiger partial charge in [-0.1, -0.05) is 41.4 Å². The molecule has 1 aliphatic carbocycles. The minimum Gasteiger partial charge on any atom is -0.383 e. The number of rotatable bonds is 7. The smallest absolute Gasteiger partial charge is 0.273 e. The molecule has 1 fully saturated rings. The van der Waals surface area contributed by atoms with Crippen molar-refractivity contribution in [3.05, 3.63) is 75.2 Å². The lowest BCUT2D eigenvalue weighted by Gasteiger charge is -2.11. The summed E-state index contributed by atoms with van der Waals surface area (Å²) >= 11 is 12.1. The third kappa shape index (κ3) is 4.75.